The minimum Gasteiger partial charge on any atom is -0.478 e. The molecule has 4 aromatic rings. The van der Waals surface area contributed by atoms with Crippen LogP contribution in [0.25, 0.3) is 10.3 Å². The monoisotopic (exact) mass is 683 g/mol. The number of hydrazone groups is 1. The molecule has 0 atom stereocenters. The van der Waals surface area contributed by atoms with E-state index in [-0.39, 0.29) is 31.9 Å². The third-order valence-corrected chi connectivity index (χ3v) is 11.7. The van der Waals surface area contributed by atoms with Crippen molar-refractivity contribution in [3.8, 4) is 5.88 Å². The Labute approximate surface area is 268 Å². The number of pyridine rings is 1. The summed E-state index contributed by atoms with van der Waals surface area (Å²) in [6, 6.07) is 13.2. The first-order chi connectivity index (χ1) is 21.9. The molecule has 2 aromatic carbocycles. The topological polar surface area (TPSA) is 189 Å². The zero-order chi connectivity index (χ0) is 32.6. The van der Waals surface area contributed by atoms with Gasteiger partial charge in [-0.15, -0.1) is 0 Å². The van der Waals surface area contributed by atoms with Crippen LogP contribution in [-0.2, 0) is 24.7 Å². The van der Waals surface area contributed by atoms with Crippen molar-refractivity contribution in [1.82, 2.24) is 19.6 Å². The number of rotatable bonds is 12. The quantitative estimate of drug-likeness (QED) is 0.113. The summed E-state index contributed by atoms with van der Waals surface area (Å²) in [7, 11) is -3.41. The van der Waals surface area contributed by atoms with Gasteiger partial charge in [0.1, 0.15) is 15.2 Å². The molecule has 1 saturated carbocycles. The van der Waals surface area contributed by atoms with E-state index in [0.29, 0.717) is 41.2 Å². The van der Waals surface area contributed by atoms with Gasteiger partial charge in [-0.05, 0) is 69.8 Å². The maximum atomic E-state index is 13.6. The van der Waals surface area contributed by atoms with E-state index in [4.69, 9.17) is 4.74 Å². The number of sulfone groups is 1. The van der Waals surface area contributed by atoms with E-state index in [1.807, 2.05) is 18.8 Å². The number of sulfonamides is 1. The first kappa shape index (κ1) is 31.5. The van der Waals surface area contributed by atoms with E-state index < -0.39 is 36.9 Å². The van der Waals surface area contributed by atoms with Gasteiger partial charge in [0.05, 0.1) is 28.0 Å². The van der Waals surface area contributed by atoms with Gasteiger partial charge in [-0.1, -0.05) is 23.5 Å². The Bertz CT molecular complexity index is 2090. The van der Waals surface area contributed by atoms with Crippen molar-refractivity contribution < 1.29 is 31.2 Å². The summed E-state index contributed by atoms with van der Waals surface area (Å²) in [6.45, 7) is 1.37. The van der Waals surface area contributed by atoms with E-state index in [2.05, 4.69) is 30.7 Å². The van der Waals surface area contributed by atoms with Gasteiger partial charge in [0.2, 0.25) is 5.88 Å². The molecule has 6 rings (SSSR count). The van der Waals surface area contributed by atoms with Gasteiger partial charge in [0, 0.05) is 18.2 Å². The molecule has 2 aliphatic rings. The van der Waals surface area contributed by atoms with Crippen LogP contribution in [0.4, 0.5) is 10.8 Å². The number of hydrogen-bond acceptors (Lipinski definition) is 13. The highest BCUT2D eigenvalue weighted by Gasteiger charge is 2.37. The lowest BCUT2D eigenvalue weighted by atomic mass is 10.1. The smallest absolute Gasteiger partial charge is 0.278 e. The number of ether oxygens (including phenoxy) is 1. The number of benzene rings is 2. The number of thiazole rings is 1. The number of anilines is 2. The van der Waals surface area contributed by atoms with Crippen molar-refractivity contribution in [2.45, 2.75) is 34.3 Å². The number of hydrogen-bond donors (Lipinski definition) is 3. The molecule has 1 aliphatic heterocycles. The van der Waals surface area contributed by atoms with Gasteiger partial charge >= 0.3 is 0 Å². The fourth-order valence-corrected chi connectivity index (χ4v) is 8.27. The number of carbonyl (C=O) groups is 2. The Morgan fingerprint density at radius 2 is 1.87 bits per heavy atom. The molecule has 0 bridgehead atoms. The second-order valence-electron chi connectivity index (χ2n) is 10.9. The van der Waals surface area contributed by atoms with Gasteiger partial charge in [-0.3, -0.25) is 20.3 Å². The summed E-state index contributed by atoms with van der Waals surface area (Å²) >= 11 is 1.14. The molecule has 14 nitrogen and oxygen atoms in total. The van der Waals surface area contributed by atoms with Crippen molar-refractivity contribution in [2.75, 3.05) is 38.0 Å². The summed E-state index contributed by atoms with van der Waals surface area (Å²) in [5, 5.41) is 6.86. The van der Waals surface area contributed by atoms with Crippen LogP contribution < -0.4 is 20.2 Å². The van der Waals surface area contributed by atoms with Gasteiger partial charge in [-0.25, -0.2) is 31.5 Å². The van der Waals surface area contributed by atoms with E-state index in [9.17, 15) is 26.4 Å². The molecule has 0 saturated heterocycles. The van der Waals surface area contributed by atoms with Crippen LogP contribution in [0.15, 0.2) is 69.5 Å². The number of nitrogens with zero attached hydrogens (tertiary/aromatic N) is 4. The highest BCUT2D eigenvalue weighted by molar-refractivity contribution is 7.92. The maximum absolute atomic E-state index is 13.6. The van der Waals surface area contributed by atoms with Crippen LogP contribution in [0.5, 0.6) is 5.88 Å². The molecule has 0 spiro atoms. The van der Waals surface area contributed by atoms with Crippen LogP contribution in [0, 0.1) is 0 Å². The molecule has 46 heavy (non-hydrogen) atoms. The van der Waals surface area contributed by atoms with Crippen LogP contribution in [0.1, 0.15) is 35.2 Å². The fourth-order valence-electron chi connectivity index (χ4n) is 4.63. The molecule has 0 radical (unpaired) electrons. The molecule has 3 heterocycles. The second kappa shape index (κ2) is 12.4. The lowest BCUT2D eigenvalue weighted by Crippen LogP contribution is -2.25. The largest absolute Gasteiger partial charge is 0.478 e. The molecule has 3 N–H and O–H groups in total. The molecule has 1 fully saturated rings. The Balaban J connectivity index is 1.25. The van der Waals surface area contributed by atoms with E-state index in [0.717, 1.165) is 24.3 Å². The Morgan fingerprint density at radius 3 is 2.59 bits per heavy atom. The molecule has 2 amide bonds. The van der Waals surface area contributed by atoms with Gasteiger partial charge in [0.15, 0.2) is 20.7 Å². The summed E-state index contributed by atoms with van der Waals surface area (Å²) < 4.78 is 57.3. The fraction of sp³-hybridized carbons (Fsp3) is 0.276. The number of fused-ring (bicyclic) bond motifs is 2. The van der Waals surface area contributed by atoms with Crippen LogP contribution in [0.3, 0.4) is 0 Å². The zero-order valence-electron chi connectivity index (χ0n) is 24.7. The van der Waals surface area contributed by atoms with Crippen LogP contribution in [-0.4, -0.2) is 81.7 Å². The number of carbonyl (C=O) groups excluding carboxylic acids is 2. The minimum atomic E-state index is -3.93. The molecule has 1 aliphatic carbocycles. The van der Waals surface area contributed by atoms with Crippen molar-refractivity contribution in [3.63, 3.8) is 0 Å². The molecular formula is C29H29N7O7S3. The zero-order valence-corrected chi connectivity index (χ0v) is 27.1. The standard InChI is InChI=1S/C29H29N7O7S3/c1-36(2)14-3-15-43-24-13-11-22-28(31-24)44-29(30-22)32-27(38)25(17-4-7-19(8-5-17)45(39,40)20-9-10-20)34-33-18-6-12-23-21(16-18)26(37)35-46(23,41)42/h4-8,11-13,16,20,33H,3,9-10,14-15H2,1-2H3,(H,35,37)(H,30,32,38)/b34-25+. The summed E-state index contributed by atoms with van der Waals surface area (Å²) in [6.07, 6.45) is 2.06. The van der Waals surface area contributed by atoms with Crippen molar-refractivity contribution in [3.05, 3.63) is 65.7 Å². The van der Waals surface area contributed by atoms with E-state index in [1.54, 1.807) is 12.1 Å². The molecular weight excluding hydrogens is 655 g/mol. The molecule has 2 aromatic heterocycles. The predicted octanol–water partition coefficient (Wildman–Crippen LogP) is 2.84. The molecule has 0 unspecified atom stereocenters. The Morgan fingerprint density at radius 1 is 1.11 bits per heavy atom. The number of nitrogens with one attached hydrogen (secondary N) is 3. The van der Waals surface area contributed by atoms with Gasteiger partial charge < -0.3 is 9.64 Å². The second-order valence-corrected chi connectivity index (χ2v) is 15.8. The first-order valence-electron chi connectivity index (χ1n) is 14.2. The summed E-state index contributed by atoms with van der Waals surface area (Å²) in [4.78, 5) is 37.3. The summed E-state index contributed by atoms with van der Waals surface area (Å²) in [5.74, 6) is -0.998. The third kappa shape index (κ3) is 6.72. The SMILES string of the molecule is CN(C)CCCOc1ccc2nc(NC(=O)/C(=N/Nc3ccc4c(c3)C(=O)NS4(=O)=O)c3ccc(S(=O)(=O)C4CC4)cc3)sc2n1. The highest BCUT2D eigenvalue weighted by Crippen LogP contribution is 2.34. The summed E-state index contributed by atoms with van der Waals surface area (Å²) in [5.41, 5.74) is 3.62. The van der Waals surface area contributed by atoms with E-state index >= 15 is 0 Å². The predicted molar refractivity (Wildman–Crippen MR) is 173 cm³/mol. The number of amides is 2. The Kier molecular flexibility index (Phi) is 8.49. The van der Waals surface area contributed by atoms with E-state index in [1.165, 1.54) is 42.5 Å². The number of aromatic nitrogens is 2. The third-order valence-electron chi connectivity index (χ3n) is 7.12. The maximum Gasteiger partial charge on any atom is 0.278 e. The lowest BCUT2D eigenvalue weighted by Gasteiger charge is -2.09. The van der Waals surface area contributed by atoms with Crippen LogP contribution in [0.2, 0.25) is 0 Å². The first-order valence-corrected chi connectivity index (χ1v) is 18.0. The van der Waals surface area contributed by atoms with Crippen molar-refractivity contribution in [1.29, 1.82) is 0 Å². The Hall–Kier alpha value is -4.45. The van der Waals surface area contributed by atoms with Gasteiger partial charge in [-0.2, -0.15) is 5.10 Å². The minimum absolute atomic E-state index is 0.0659. The molecule has 240 valence electrons. The lowest BCUT2D eigenvalue weighted by molar-refractivity contribution is -0.110. The van der Waals surface area contributed by atoms with Crippen molar-refractivity contribution >= 4 is 69.9 Å². The average Bonchev–Trinajstić information content (AvgIpc) is 3.76. The average molecular weight is 684 g/mol. The van der Waals surface area contributed by atoms with Gasteiger partial charge in [0.25, 0.3) is 21.8 Å². The normalized spacial score (nSPS) is 15.9. The highest BCUT2D eigenvalue weighted by atomic mass is 32.2. The van der Waals surface area contributed by atoms with Crippen molar-refractivity contribution in [2.24, 2.45) is 5.10 Å². The van der Waals surface area contributed by atoms with Crippen LogP contribution >= 0.6 is 11.3 Å². The molecule has 17 heteroatoms.